The van der Waals surface area contributed by atoms with Crippen LogP contribution in [0.2, 0.25) is 0 Å². The smallest absolute Gasteiger partial charge is 0.335 e. The van der Waals surface area contributed by atoms with Gasteiger partial charge in [-0.25, -0.2) is 17.9 Å². The van der Waals surface area contributed by atoms with Crippen molar-refractivity contribution in [1.29, 1.82) is 0 Å². The second kappa shape index (κ2) is 9.60. The average Bonchev–Trinajstić information content (AvgIpc) is 2.77. The number of benzene rings is 2. The Hall–Kier alpha value is -4.10. The molecule has 2 amide bonds. The van der Waals surface area contributed by atoms with E-state index in [1.807, 2.05) is 22.9 Å². The van der Waals surface area contributed by atoms with Crippen molar-refractivity contribution in [2.45, 2.75) is 4.90 Å². The third-order valence-electron chi connectivity index (χ3n) is 3.84. The molecule has 0 aliphatic rings. The molecule has 0 aliphatic carbocycles. The van der Waals surface area contributed by atoms with E-state index >= 15 is 0 Å². The Kier molecular flexibility index (Phi) is 6.69. The maximum absolute atomic E-state index is 12.8. The molecular formula is C21H18N4O5S. The van der Waals surface area contributed by atoms with Gasteiger partial charge in [0.2, 0.25) is 17.7 Å². The van der Waals surface area contributed by atoms with E-state index in [0.717, 1.165) is 5.56 Å². The number of methoxy groups -OCH3 is 2. The molecule has 1 aromatic heterocycles. The van der Waals surface area contributed by atoms with Crippen LogP contribution in [0.1, 0.15) is 11.1 Å². The Bertz CT molecular complexity index is 1230. The number of urea groups is 1. The lowest BCUT2D eigenvalue weighted by molar-refractivity contribution is 0.256. The van der Waals surface area contributed by atoms with Gasteiger partial charge in [0.1, 0.15) is 4.90 Å². The summed E-state index contributed by atoms with van der Waals surface area (Å²) in [5.41, 5.74) is 0.968. The largest absolute Gasteiger partial charge is 0.481 e. The van der Waals surface area contributed by atoms with Crippen LogP contribution in [0.15, 0.2) is 65.6 Å². The molecule has 0 saturated heterocycles. The van der Waals surface area contributed by atoms with Crippen molar-refractivity contribution in [3.8, 4) is 23.6 Å². The van der Waals surface area contributed by atoms with Crippen molar-refractivity contribution in [2.75, 3.05) is 19.5 Å². The fraction of sp³-hybridized carbons (Fsp3) is 0.0952. The van der Waals surface area contributed by atoms with E-state index in [1.54, 1.807) is 24.3 Å². The van der Waals surface area contributed by atoms with Crippen molar-refractivity contribution in [2.24, 2.45) is 0 Å². The van der Waals surface area contributed by atoms with Crippen molar-refractivity contribution < 1.29 is 22.7 Å². The first-order valence-electron chi connectivity index (χ1n) is 8.88. The van der Waals surface area contributed by atoms with Crippen LogP contribution in [0.5, 0.6) is 11.8 Å². The van der Waals surface area contributed by atoms with Crippen molar-refractivity contribution in [3.63, 3.8) is 0 Å². The predicted molar refractivity (Wildman–Crippen MR) is 113 cm³/mol. The molecule has 0 radical (unpaired) electrons. The third-order valence-corrected chi connectivity index (χ3v) is 5.23. The van der Waals surface area contributed by atoms with E-state index in [4.69, 9.17) is 9.47 Å². The fourth-order valence-corrected chi connectivity index (χ4v) is 3.51. The van der Waals surface area contributed by atoms with Gasteiger partial charge in [-0.2, -0.15) is 9.97 Å². The number of aromatic nitrogens is 2. The molecule has 2 aromatic carbocycles. The van der Waals surface area contributed by atoms with E-state index in [-0.39, 0.29) is 28.2 Å². The number of nitrogens with one attached hydrogen (secondary N) is 2. The first-order valence-corrected chi connectivity index (χ1v) is 10.4. The zero-order valence-corrected chi connectivity index (χ0v) is 17.4. The number of amides is 2. The summed E-state index contributed by atoms with van der Waals surface area (Å²) in [5, 5.41) is 2.25. The summed E-state index contributed by atoms with van der Waals surface area (Å²) in [6, 6.07) is 15.6. The number of carbonyl (C=O) groups excluding carboxylic acids is 1. The van der Waals surface area contributed by atoms with Gasteiger partial charge >= 0.3 is 6.03 Å². The molecule has 1 heterocycles. The van der Waals surface area contributed by atoms with E-state index in [9.17, 15) is 13.2 Å². The number of hydrogen-bond donors (Lipinski definition) is 2. The highest BCUT2D eigenvalue weighted by molar-refractivity contribution is 7.90. The summed E-state index contributed by atoms with van der Waals surface area (Å²) < 4.78 is 37.5. The molecule has 2 N–H and O–H groups in total. The molecule has 3 aromatic rings. The molecule has 0 spiro atoms. The van der Waals surface area contributed by atoms with Crippen LogP contribution in [0, 0.1) is 11.8 Å². The average molecular weight is 438 g/mol. The van der Waals surface area contributed by atoms with Gasteiger partial charge in [-0.1, -0.05) is 42.2 Å². The molecule has 3 rings (SSSR count). The Morgan fingerprint density at radius 2 is 1.52 bits per heavy atom. The topological polar surface area (TPSA) is 120 Å². The maximum Gasteiger partial charge on any atom is 0.335 e. The van der Waals surface area contributed by atoms with Crippen LogP contribution in [0.4, 0.5) is 10.7 Å². The lowest BCUT2D eigenvalue weighted by Gasteiger charge is -2.10. The molecule has 9 nitrogen and oxygen atoms in total. The number of anilines is 1. The molecule has 0 fully saturated rings. The predicted octanol–water partition coefficient (Wildman–Crippen LogP) is 2.40. The number of rotatable bonds is 5. The van der Waals surface area contributed by atoms with Crippen molar-refractivity contribution >= 4 is 22.0 Å². The molecule has 10 heteroatoms. The first kappa shape index (κ1) is 21.6. The highest BCUT2D eigenvalue weighted by Crippen LogP contribution is 2.18. The summed E-state index contributed by atoms with van der Waals surface area (Å²) in [5.74, 6) is 5.80. The number of hydrogen-bond acceptors (Lipinski definition) is 7. The van der Waals surface area contributed by atoms with Crippen LogP contribution < -0.4 is 19.5 Å². The van der Waals surface area contributed by atoms with E-state index < -0.39 is 16.1 Å². The van der Waals surface area contributed by atoms with Gasteiger partial charge in [0.05, 0.1) is 20.3 Å². The quantitative estimate of drug-likeness (QED) is 0.587. The lowest BCUT2D eigenvalue weighted by Crippen LogP contribution is -2.35. The number of ether oxygens (including phenoxy) is 2. The van der Waals surface area contributed by atoms with E-state index in [0.29, 0.717) is 0 Å². The normalized spacial score (nSPS) is 10.4. The Labute approximate surface area is 179 Å². The van der Waals surface area contributed by atoms with Gasteiger partial charge in [0.25, 0.3) is 10.0 Å². The highest BCUT2D eigenvalue weighted by atomic mass is 32.2. The molecule has 158 valence electrons. The minimum absolute atomic E-state index is 0.131. The second-order valence-corrected chi connectivity index (χ2v) is 7.60. The number of carbonyl (C=O) groups is 1. The van der Waals surface area contributed by atoms with Crippen LogP contribution in [-0.4, -0.2) is 38.6 Å². The molecule has 0 atom stereocenters. The minimum atomic E-state index is -4.23. The second-order valence-electron chi connectivity index (χ2n) is 5.95. The molecular weight excluding hydrogens is 420 g/mol. The monoisotopic (exact) mass is 438 g/mol. The zero-order valence-electron chi connectivity index (χ0n) is 16.6. The zero-order chi connectivity index (χ0) is 22.3. The fourth-order valence-electron chi connectivity index (χ4n) is 2.44. The molecule has 31 heavy (non-hydrogen) atoms. The van der Waals surface area contributed by atoms with Gasteiger partial charge in [0.15, 0.2) is 0 Å². The SMILES string of the molecule is COc1cc(OC)nc(NC(=O)NS(=O)(=O)c2ccccc2C#Cc2ccccc2)n1. The number of nitrogens with zero attached hydrogens (tertiary/aromatic N) is 2. The Balaban J connectivity index is 1.82. The van der Waals surface area contributed by atoms with Crippen LogP contribution >= 0.6 is 0 Å². The summed E-state index contributed by atoms with van der Waals surface area (Å²) in [6.45, 7) is 0. The molecule has 0 unspecified atom stereocenters. The first-order chi connectivity index (χ1) is 14.9. The highest BCUT2D eigenvalue weighted by Gasteiger charge is 2.21. The van der Waals surface area contributed by atoms with Crippen LogP contribution in [0.25, 0.3) is 0 Å². The van der Waals surface area contributed by atoms with Gasteiger partial charge in [-0.05, 0) is 24.3 Å². The number of sulfonamides is 1. The summed E-state index contributed by atoms with van der Waals surface area (Å²) in [7, 11) is -1.47. The summed E-state index contributed by atoms with van der Waals surface area (Å²) >= 11 is 0. The van der Waals surface area contributed by atoms with Crippen molar-refractivity contribution in [3.05, 3.63) is 71.8 Å². The van der Waals surface area contributed by atoms with Crippen LogP contribution in [-0.2, 0) is 10.0 Å². The minimum Gasteiger partial charge on any atom is -0.481 e. The molecule has 0 saturated carbocycles. The van der Waals surface area contributed by atoms with Gasteiger partial charge < -0.3 is 9.47 Å². The lowest BCUT2D eigenvalue weighted by atomic mass is 10.2. The van der Waals surface area contributed by atoms with Gasteiger partial charge in [-0.3, -0.25) is 5.32 Å². The van der Waals surface area contributed by atoms with Gasteiger partial charge in [-0.15, -0.1) is 0 Å². The van der Waals surface area contributed by atoms with E-state index in [2.05, 4.69) is 27.1 Å². The molecule has 0 bridgehead atoms. The molecule has 0 aliphatic heterocycles. The maximum atomic E-state index is 12.8. The van der Waals surface area contributed by atoms with E-state index in [1.165, 1.54) is 32.4 Å². The summed E-state index contributed by atoms with van der Waals surface area (Å²) in [4.78, 5) is 20.0. The Morgan fingerprint density at radius 3 is 2.16 bits per heavy atom. The van der Waals surface area contributed by atoms with Gasteiger partial charge in [0, 0.05) is 11.1 Å². The third kappa shape index (κ3) is 5.71. The Morgan fingerprint density at radius 1 is 0.903 bits per heavy atom. The van der Waals surface area contributed by atoms with Crippen LogP contribution in [0.3, 0.4) is 0 Å². The standard InChI is InChI=1S/C21H18N4O5S/c1-29-18-14-19(30-2)23-20(22-18)24-21(26)25-31(27,28)17-11-7-6-10-16(17)13-12-15-8-4-3-5-9-15/h3-11,14H,1-2H3,(H2,22,23,24,25,26). The summed E-state index contributed by atoms with van der Waals surface area (Å²) in [6.07, 6.45) is 0. The van der Waals surface area contributed by atoms with Crippen molar-refractivity contribution in [1.82, 2.24) is 14.7 Å².